The van der Waals surface area contributed by atoms with Crippen molar-refractivity contribution >= 4 is 0 Å². The largest absolute Gasteiger partial charge is 0.324 e. The molecule has 0 saturated heterocycles. The van der Waals surface area contributed by atoms with E-state index in [2.05, 4.69) is 11.1 Å². The van der Waals surface area contributed by atoms with Crippen LogP contribution >= 0.6 is 0 Å². The zero-order valence-corrected chi connectivity index (χ0v) is 9.23. The molecule has 1 heterocycles. The van der Waals surface area contributed by atoms with Gasteiger partial charge in [-0.15, -0.1) is 0 Å². The van der Waals surface area contributed by atoms with E-state index in [1.165, 1.54) is 44.1 Å². The minimum absolute atomic E-state index is 0.191. The molecule has 1 aliphatic carbocycles. The Balaban J connectivity index is 2.03. The first-order chi connectivity index (χ1) is 7.38. The van der Waals surface area contributed by atoms with Crippen molar-refractivity contribution in [3.05, 3.63) is 30.1 Å². The van der Waals surface area contributed by atoms with Gasteiger partial charge in [0.2, 0.25) is 0 Å². The smallest absolute Gasteiger partial charge is 0.0338 e. The maximum Gasteiger partial charge on any atom is 0.0338 e. The number of aromatic nitrogens is 1. The van der Waals surface area contributed by atoms with Gasteiger partial charge in [0, 0.05) is 18.4 Å². The van der Waals surface area contributed by atoms with Crippen LogP contribution in [0, 0.1) is 5.92 Å². The van der Waals surface area contributed by atoms with E-state index in [4.69, 9.17) is 5.73 Å². The van der Waals surface area contributed by atoms with Crippen LogP contribution in [0.1, 0.15) is 50.1 Å². The second-order valence-corrected chi connectivity index (χ2v) is 4.56. The molecule has 0 amide bonds. The molecule has 0 unspecified atom stereocenters. The van der Waals surface area contributed by atoms with E-state index < -0.39 is 0 Å². The van der Waals surface area contributed by atoms with E-state index in [0.717, 1.165) is 0 Å². The van der Waals surface area contributed by atoms with Crippen molar-refractivity contribution in [3.8, 4) is 0 Å². The van der Waals surface area contributed by atoms with Crippen LogP contribution in [-0.4, -0.2) is 4.98 Å². The summed E-state index contributed by atoms with van der Waals surface area (Å²) in [4.78, 5) is 4.14. The van der Waals surface area contributed by atoms with Crippen LogP contribution in [0.25, 0.3) is 0 Å². The van der Waals surface area contributed by atoms with E-state index in [9.17, 15) is 0 Å². The van der Waals surface area contributed by atoms with Crippen LogP contribution < -0.4 is 5.73 Å². The van der Waals surface area contributed by atoms with Gasteiger partial charge in [0.1, 0.15) is 0 Å². The molecule has 1 fully saturated rings. The molecule has 2 N–H and O–H groups in total. The quantitative estimate of drug-likeness (QED) is 0.752. The first-order valence-corrected chi connectivity index (χ1v) is 6.03. The molecule has 1 atom stereocenters. The van der Waals surface area contributed by atoms with E-state index in [1.807, 2.05) is 18.5 Å². The Bertz CT molecular complexity index is 276. The molecule has 2 heteroatoms. The highest BCUT2D eigenvalue weighted by Crippen LogP contribution is 2.31. The van der Waals surface area contributed by atoms with E-state index >= 15 is 0 Å². The van der Waals surface area contributed by atoms with Crippen molar-refractivity contribution in [1.82, 2.24) is 4.98 Å². The minimum Gasteiger partial charge on any atom is -0.324 e. The maximum atomic E-state index is 6.30. The second-order valence-electron chi connectivity index (χ2n) is 4.56. The molecule has 0 aliphatic heterocycles. The lowest BCUT2D eigenvalue weighted by Crippen LogP contribution is -2.21. The van der Waals surface area contributed by atoms with Crippen molar-refractivity contribution in [2.75, 3.05) is 0 Å². The highest BCUT2D eigenvalue weighted by atomic mass is 14.7. The molecule has 0 spiro atoms. The van der Waals surface area contributed by atoms with Crippen molar-refractivity contribution in [1.29, 1.82) is 0 Å². The van der Waals surface area contributed by atoms with Crippen molar-refractivity contribution in [2.24, 2.45) is 11.7 Å². The predicted octanol–water partition coefficient (Wildman–Crippen LogP) is 3.05. The average Bonchev–Trinajstić information content (AvgIpc) is 2.58. The Morgan fingerprint density at radius 1 is 1.20 bits per heavy atom. The van der Waals surface area contributed by atoms with Crippen LogP contribution in [0.15, 0.2) is 24.5 Å². The third-order valence-electron chi connectivity index (χ3n) is 3.48. The summed E-state index contributed by atoms with van der Waals surface area (Å²) in [6.45, 7) is 0. The van der Waals surface area contributed by atoms with Crippen LogP contribution in [-0.2, 0) is 0 Å². The molecule has 0 bridgehead atoms. The van der Waals surface area contributed by atoms with Crippen molar-refractivity contribution in [2.45, 2.75) is 44.6 Å². The highest BCUT2D eigenvalue weighted by Gasteiger charge is 2.20. The Kier molecular flexibility index (Phi) is 3.73. The van der Waals surface area contributed by atoms with Crippen LogP contribution in [0.3, 0.4) is 0 Å². The summed E-state index contributed by atoms with van der Waals surface area (Å²) < 4.78 is 0. The first-order valence-electron chi connectivity index (χ1n) is 6.03. The summed E-state index contributed by atoms with van der Waals surface area (Å²) in [6.07, 6.45) is 11.8. The monoisotopic (exact) mass is 204 g/mol. The molecule has 1 aliphatic rings. The lowest BCUT2D eigenvalue weighted by Gasteiger charge is -2.22. The van der Waals surface area contributed by atoms with Gasteiger partial charge in [0.25, 0.3) is 0 Å². The summed E-state index contributed by atoms with van der Waals surface area (Å²) in [5.74, 6) is 0.664. The molecule has 1 aromatic heterocycles. The number of pyridine rings is 1. The third-order valence-corrected chi connectivity index (χ3v) is 3.48. The van der Waals surface area contributed by atoms with Gasteiger partial charge < -0.3 is 5.73 Å². The summed E-state index contributed by atoms with van der Waals surface area (Å²) in [5, 5.41) is 0. The molecule has 15 heavy (non-hydrogen) atoms. The van der Waals surface area contributed by atoms with Gasteiger partial charge in [-0.25, -0.2) is 0 Å². The molecule has 82 valence electrons. The molecular formula is C13H20N2. The Hall–Kier alpha value is -0.890. The Morgan fingerprint density at radius 2 is 1.93 bits per heavy atom. The number of rotatable bonds is 2. The van der Waals surface area contributed by atoms with Gasteiger partial charge in [0.05, 0.1) is 0 Å². The number of nitrogens with zero attached hydrogens (tertiary/aromatic N) is 1. The fraction of sp³-hybridized carbons (Fsp3) is 0.615. The molecule has 1 aromatic rings. The predicted molar refractivity (Wildman–Crippen MR) is 62.4 cm³/mol. The molecular weight excluding hydrogens is 184 g/mol. The van der Waals surface area contributed by atoms with Crippen LogP contribution in [0.4, 0.5) is 0 Å². The van der Waals surface area contributed by atoms with Gasteiger partial charge in [-0.3, -0.25) is 4.98 Å². The number of nitrogens with two attached hydrogens (primary N) is 1. The van der Waals surface area contributed by atoms with Crippen LogP contribution in [0.5, 0.6) is 0 Å². The summed E-state index contributed by atoms with van der Waals surface area (Å²) in [7, 11) is 0. The highest BCUT2D eigenvalue weighted by molar-refractivity contribution is 5.14. The number of hydrogen-bond acceptors (Lipinski definition) is 2. The van der Waals surface area contributed by atoms with Gasteiger partial charge in [0.15, 0.2) is 0 Å². The van der Waals surface area contributed by atoms with Crippen molar-refractivity contribution in [3.63, 3.8) is 0 Å². The normalized spacial score (nSPS) is 20.9. The van der Waals surface area contributed by atoms with E-state index in [0.29, 0.717) is 5.92 Å². The van der Waals surface area contributed by atoms with Gasteiger partial charge in [-0.1, -0.05) is 31.7 Å². The zero-order chi connectivity index (χ0) is 10.5. The van der Waals surface area contributed by atoms with Crippen molar-refractivity contribution < 1.29 is 0 Å². The number of hydrogen-bond donors (Lipinski definition) is 1. The Morgan fingerprint density at radius 3 is 2.53 bits per heavy atom. The maximum absolute atomic E-state index is 6.30. The molecule has 2 rings (SSSR count). The third kappa shape index (κ3) is 2.78. The first kappa shape index (κ1) is 10.6. The molecule has 2 nitrogen and oxygen atoms in total. The Labute approximate surface area is 91.9 Å². The second kappa shape index (κ2) is 5.26. The average molecular weight is 204 g/mol. The van der Waals surface area contributed by atoms with Crippen LogP contribution in [0.2, 0.25) is 0 Å². The SMILES string of the molecule is N[C@@H](c1cccnc1)C1CCCCCC1. The fourth-order valence-corrected chi connectivity index (χ4v) is 2.52. The topological polar surface area (TPSA) is 38.9 Å². The summed E-state index contributed by atoms with van der Waals surface area (Å²) >= 11 is 0. The lowest BCUT2D eigenvalue weighted by atomic mass is 9.88. The van der Waals surface area contributed by atoms with E-state index in [-0.39, 0.29) is 6.04 Å². The summed E-state index contributed by atoms with van der Waals surface area (Å²) in [6, 6.07) is 4.27. The minimum atomic E-state index is 0.191. The van der Waals surface area contributed by atoms with Gasteiger partial charge in [-0.2, -0.15) is 0 Å². The van der Waals surface area contributed by atoms with Gasteiger partial charge in [-0.05, 0) is 30.4 Å². The lowest BCUT2D eigenvalue weighted by molar-refractivity contribution is 0.382. The molecule has 0 aromatic carbocycles. The standard InChI is InChI=1S/C13H20N2/c14-13(12-8-5-9-15-10-12)11-6-3-1-2-4-7-11/h5,8-11,13H,1-4,6-7,14H2/t13-/m1/s1. The summed E-state index contributed by atoms with van der Waals surface area (Å²) in [5.41, 5.74) is 7.50. The van der Waals surface area contributed by atoms with Gasteiger partial charge >= 0.3 is 0 Å². The van der Waals surface area contributed by atoms with E-state index in [1.54, 1.807) is 0 Å². The molecule has 0 radical (unpaired) electrons. The fourth-order valence-electron chi connectivity index (χ4n) is 2.52. The molecule has 1 saturated carbocycles. The zero-order valence-electron chi connectivity index (χ0n) is 9.23.